The molecule has 10 heteroatoms. The lowest BCUT2D eigenvalue weighted by Crippen LogP contribution is -2.18. The fraction of sp³-hybridized carbons (Fsp3) is 0.333. The number of unbranched alkanes of at least 4 members (excludes halogenated alkanes) is 3. The Morgan fingerprint density at radius 2 is 1.94 bits per heavy atom. The molecule has 0 saturated carbocycles. The molecule has 0 fully saturated rings. The molecule has 7 nitrogen and oxygen atoms in total. The minimum absolute atomic E-state index is 0.143. The van der Waals surface area contributed by atoms with Crippen LogP contribution in [-0.2, 0) is 11.3 Å². The summed E-state index contributed by atoms with van der Waals surface area (Å²) in [6.07, 6.45) is 4.45. The van der Waals surface area contributed by atoms with E-state index in [1.165, 1.54) is 29.5 Å². The Bertz CT molecular complexity index is 1030. The average Bonchev–Trinajstić information content (AvgIpc) is 3.37. The van der Waals surface area contributed by atoms with Crippen LogP contribution in [0.3, 0.4) is 0 Å². The van der Waals surface area contributed by atoms with Crippen LogP contribution in [0.25, 0.3) is 11.4 Å². The number of thiophene rings is 1. The van der Waals surface area contributed by atoms with E-state index in [1.54, 1.807) is 11.4 Å². The normalized spacial score (nSPS) is 10.9. The first-order chi connectivity index (χ1) is 15.0. The third-order valence-electron chi connectivity index (χ3n) is 4.57. The summed E-state index contributed by atoms with van der Waals surface area (Å²) in [5, 5.41) is 15.0. The van der Waals surface area contributed by atoms with Gasteiger partial charge in [0.2, 0.25) is 5.91 Å². The zero-order chi connectivity index (χ0) is 22.2. The summed E-state index contributed by atoms with van der Waals surface area (Å²) in [6.45, 7) is 2.95. The molecule has 3 rings (SSSR count). The van der Waals surface area contributed by atoms with E-state index >= 15 is 0 Å². The first kappa shape index (κ1) is 23.3. The van der Waals surface area contributed by atoms with Gasteiger partial charge in [-0.3, -0.25) is 9.59 Å². The second-order valence-electron chi connectivity index (χ2n) is 6.89. The first-order valence-electron chi connectivity index (χ1n) is 9.98. The van der Waals surface area contributed by atoms with E-state index in [0.717, 1.165) is 37.2 Å². The van der Waals surface area contributed by atoms with E-state index < -0.39 is 5.91 Å². The molecule has 2 amide bonds. The SMILES string of the molecule is CCCCCCn1c(SCC(=O)Nc2sccc2C(N)=O)nnc1-c1ccc(Cl)cc1. The zero-order valence-corrected chi connectivity index (χ0v) is 19.5. The van der Waals surface area contributed by atoms with Gasteiger partial charge in [0.1, 0.15) is 5.00 Å². The van der Waals surface area contributed by atoms with Crippen LogP contribution in [0.2, 0.25) is 5.02 Å². The van der Waals surface area contributed by atoms with E-state index in [2.05, 4.69) is 27.0 Å². The number of hydrogen-bond acceptors (Lipinski definition) is 6. The number of carbonyl (C=O) groups excluding carboxylic acids is 2. The molecule has 3 N–H and O–H groups in total. The Morgan fingerprint density at radius 3 is 2.65 bits per heavy atom. The van der Waals surface area contributed by atoms with Crippen LogP contribution in [0, 0.1) is 0 Å². The number of halogens is 1. The van der Waals surface area contributed by atoms with Gasteiger partial charge in [-0.05, 0) is 42.1 Å². The number of anilines is 1. The molecular formula is C21H24ClN5O2S2. The number of primary amides is 1. The Balaban J connectivity index is 1.71. The maximum absolute atomic E-state index is 12.4. The highest BCUT2D eigenvalue weighted by Crippen LogP contribution is 2.27. The first-order valence-corrected chi connectivity index (χ1v) is 12.2. The van der Waals surface area contributed by atoms with Crippen LogP contribution in [0.15, 0.2) is 40.9 Å². The van der Waals surface area contributed by atoms with E-state index in [4.69, 9.17) is 17.3 Å². The molecule has 3 aromatic rings. The molecule has 0 aliphatic carbocycles. The molecule has 0 aliphatic rings. The number of amides is 2. The molecule has 0 bridgehead atoms. The quantitative estimate of drug-likeness (QED) is 0.296. The van der Waals surface area contributed by atoms with Gasteiger partial charge < -0.3 is 15.6 Å². The Kier molecular flexibility index (Phi) is 8.51. The number of thioether (sulfide) groups is 1. The second kappa shape index (κ2) is 11.3. The summed E-state index contributed by atoms with van der Waals surface area (Å²) in [7, 11) is 0. The van der Waals surface area contributed by atoms with Crippen molar-refractivity contribution in [3.8, 4) is 11.4 Å². The van der Waals surface area contributed by atoms with Gasteiger partial charge >= 0.3 is 0 Å². The standard InChI is InChI=1S/C21H24ClN5O2S2/c1-2-3-4-5-11-27-19(14-6-8-15(22)9-7-14)25-26-21(27)31-13-17(28)24-20-16(18(23)29)10-12-30-20/h6-10,12H,2-5,11,13H2,1H3,(H2,23,29)(H,24,28). The highest BCUT2D eigenvalue weighted by atomic mass is 35.5. The van der Waals surface area contributed by atoms with Crippen molar-refractivity contribution in [2.24, 2.45) is 5.73 Å². The number of carbonyl (C=O) groups is 2. The topological polar surface area (TPSA) is 103 Å². The maximum Gasteiger partial charge on any atom is 0.251 e. The Morgan fingerprint density at radius 1 is 1.16 bits per heavy atom. The number of hydrogen-bond donors (Lipinski definition) is 2. The van der Waals surface area contributed by atoms with E-state index in [0.29, 0.717) is 20.7 Å². The molecule has 164 valence electrons. The van der Waals surface area contributed by atoms with Crippen LogP contribution in [0.4, 0.5) is 5.00 Å². The molecule has 0 unspecified atom stereocenters. The van der Waals surface area contributed by atoms with Gasteiger partial charge in [-0.15, -0.1) is 21.5 Å². The van der Waals surface area contributed by atoms with Crippen molar-refractivity contribution in [1.82, 2.24) is 14.8 Å². The lowest BCUT2D eigenvalue weighted by Gasteiger charge is -2.10. The predicted octanol–water partition coefficient (Wildman–Crippen LogP) is 5.07. The van der Waals surface area contributed by atoms with Crippen molar-refractivity contribution in [3.05, 3.63) is 46.3 Å². The minimum Gasteiger partial charge on any atom is -0.366 e. The molecule has 0 aliphatic heterocycles. The number of benzene rings is 1. The van der Waals surface area contributed by atoms with Gasteiger partial charge in [0.15, 0.2) is 11.0 Å². The number of rotatable bonds is 11. The van der Waals surface area contributed by atoms with Crippen molar-refractivity contribution in [3.63, 3.8) is 0 Å². The highest BCUT2D eigenvalue weighted by molar-refractivity contribution is 7.99. The van der Waals surface area contributed by atoms with Gasteiger partial charge in [-0.1, -0.05) is 49.5 Å². The maximum atomic E-state index is 12.4. The van der Waals surface area contributed by atoms with Crippen LogP contribution in [-0.4, -0.2) is 32.3 Å². The molecule has 31 heavy (non-hydrogen) atoms. The summed E-state index contributed by atoms with van der Waals surface area (Å²) < 4.78 is 2.05. The average molecular weight is 478 g/mol. The van der Waals surface area contributed by atoms with Gasteiger partial charge in [-0.2, -0.15) is 0 Å². The van der Waals surface area contributed by atoms with Crippen molar-refractivity contribution in [2.75, 3.05) is 11.1 Å². The van der Waals surface area contributed by atoms with Crippen molar-refractivity contribution >= 4 is 51.5 Å². The van der Waals surface area contributed by atoms with E-state index in [9.17, 15) is 9.59 Å². The summed E-state index contributed by atoms with van der Waals surface area (Å²) >= 11 is 8.59. The molecule has 2 heterocycles. The zero-order valence-electron chi connectivity index (χ0n) is 17.1. The van der Waals surface area contributed by atoms with Gasteiger partial charge in [0.05, 0.1) is 11.3 Å². The molecule has 0 spiro atoms. The van der Waals surface area contributed by atoms with Gasteiger partial charge in [-0.25, -0.2) is 0 Å². The van der Waals surface area contributed by atoms with E-state index in [1.807, 2.05) is 24.3 Å². The number of nitrogens with one attached hydrogen (secondary N) is 1. The van der Waals surface area contributed by atoms with Crippen molar-refractivity contribution in [2.45, 2.75) is 44.3 Å². The third-order valence-corrected chi connectivity index (χ3v) is 6.62. The Labute approximate surface area is 194 Å². The largest absolute Gasteiger partial charge is 0.366 e. The fourth-order valence-corrected chi connectivity index (χ4v) is 4.70. The van der Waals surface area contributed by atoms with Gasteiger partial charge in [0, 0.05) is 17.1 Å². The second-order valence-corrected chi connectivity index (χ2v) is 9.18. The van der Waals surface area contributed by atoms with Crippen molar-refractivity contribution in [1.29, 1.82) is 0 Å². The molecular weight excluding hydrogens is 454 g/mol. The van der Waals surface area contributed by atoms with E-state index in [-0.39, 0.29) is 11.7 Å². The fourth-order valence-electron chi connectivity index (χ4n) is 3.00. The highest BCUT2D eigenvalue weighted by Gasteiger charge is 2.17. The molecule has 2 aromatic heterocycles. The molecule has 0 saturated heterocycles. The lowest BCUT2D eigenvalue weighted by molar-refractivity contribution is -0.113. The van der Waals surface area contributed by atoms with Crippen LogP contribution < -0.4 is 11.1 Å². The van der Waals surface area contributed by atoms with Crippen molar-refractivity contribution < 1.29 is 9.59 Å². The summed E-state index contributed by atoms with van der Waals surface area (Å²) in [5.74, 6) is 0.0987. The minimum atomic E-state index is -0.566. The number of nitrogens with two attached hydrogens (primary N) is 1. The lowest BCUT2D eigenvalue weighted by atomic mass is 10.2. The number of aromatic nitrogens is 3. The number of nitrogens with zero attached hydrogens (tertiary/aromatic N) is 3. The third kappa shape index (κ3) is 6.32. The Hall–Kier alpha value is -2.36. The smallest absolute Gasteiger partial charge is 0.251 e. The molecule has 0 atom stereocenters. The van der Waals surface area contributed by atoms with Crippen LogP contribution in [0.1, 0.15) is 43.0 Å². The monoisotopic (exact) mass is 477 g/mol. The molecule has 0 radical (unpaired) electrons. The summed E-state index contributed by atoms with van der Waals surface area (Å²) in [4.78, 5) is 23.9. The summed E-state index contributed by atoms with van der Waals surface area (Å²) in [5.41, 5.74) is 6.57. The predicted molar refractivity (Wildman–Crippen MR) is 127 cm³/mol. The molecule has 1 aromatic carbocycles. The van der Waals surface area contributed by atoms with Crippen LogP contribution in [0.5, 0.6) is 0 Å². The summed E-state index contributed by atoms with van der Waals surface area (Å²) in [6, 6.07) is 9.08. The van der Waals surface area contributed by atoms with Crippen LogP contribution >= 0.6 is 34.7 Å². The van der Waals surface area contributed by atoms with Gasteiger partial charge in [0.25, 0.3) is 5.91 Å².